The van der Waals surface area contributed by atoms with Gasteiger partial charge in [-0.05, 0) is 18.2 Å². The molecule has 0 bridgehead atoms. The monoisotopic (exact) mass is 450 g/mol. The van der Waals surface area contributed by atoms with Crippen molar-refractivity contribution in [1.29, 1.82) is 0 Å². The molecule has 2 saturated heterocycles. The second kappa shape index (κ2) is 8.30. The number of amides is 1. The van der Waals surface area contributed by atoms with E-state index in [4.69, 9.17) is 9.47 Å². The highest BCUT2D eigenvalue weighted by Crippen LogP contribution is 2.29. The van der Waals surface area contributed by atoms with Gasteiger partial charge in [0.05, 0.1) is 37.7 Å². The average molecular weight is 450 g/mol. The standard InChI is InChI=1S/C24H26N4O5/c1-26-11-9-24(31,23(26)30)8-6-16-4-3-5-17(12-16)28-20-7-10-27(18-14-33-15-18)13-19(20)21(25-28)22(29)32-2/h3-5,12,18,31H,7,9-11,13-15H2,1-2H3. The maximum absolute atomic E-state index is 12.5. The van der Waals surface area contributed by atoms with Crippen molar-refractivity contribution in [2.24, 2.45) is 0 Å². The number of ether oxygens (including phenoxy) is 2. The summed E-state index contributed by atoms with van der Waals surface area (Å²) < 4.78 is 12.1. The van der Waals surface area contributed by atoms with Gasteiger partial charge >= 0.3 is 5.97 Å². The maximum atomic E-state index is 12.5. The number of carbonyl (C=O) groups excluding carboxylic acids is 2. The lowest BCUT2D eigenvalue weighted by atomic mass is 10.0. The molecule has 5 rings (SSSR count). The minimum atomic E-state index is -1.65. The molecule has 0 aliphatic carbocycles. The van der Waals surface area contributed by atoms with Gasteiger partial charge in [-0.15, -0.1) is 0 Å². The van der Waals surface area contributed by atoms with Crippen LogP contribution < -0.4 is 0 Å². The van der Waals surface area contributed by atoms with Gasteiger partial charge in [0.2, 0.25) is 5.60 Å². The molecule has 0 saturated carbocycles. The first kappa shape index (κ1) is 21.6. The molecule has 1 unspecified atom stereocenters. The number of hydrogen-bond donors (Lipinski definition) is 1. The highest BCUT2D eigenvalue weighted by Gasteiger charge is 2.42. The number of likely N-dealkylation sites (tertiary alicyclic amines) is 1. The lowest BCUT2D eigenvalue weighted by molar-refractivity contribution is -0.137. The predicted octanol–water partition coefficient (Wildman–Crippen LogP) is 0.361. The van der Waals surface area contributed by atoms with Crippen LogP contribution in [0.3, 0.4) is 0 Å². The topological polar surface area (TPSA) is 97.1 Å². The molecule has 172 valence electrons. The Morgan fingerprint density at radius 1 is 1.33 bits per heavy atom. The zero-order valence-corrected chi connectivity index (χ0v) is 18.7. The van der Waals surface area contributed by atoms with E-state index >= 15 is 0 Å². The fourth-order valence-corrected chi connectivity index (χ4v) is 4.52. The molecule has 2 aromatic rings. The van der Waals surface area contributed by atoms with Crippen LogP contribution in [-0.4, -0.2) is 88.7 Å². The Hall–Kier alpha value is -3.19. The van der Waals surface area contributed by atoms with Crippen LogP contribution >= 0.6 is 0 Å². The third kappa shape index (κ3) is 3.80. The van der Waals surface area contributed by atoms with Crippen LogP contribution in [0.2, 0.25) is 0 Å². The summed E-state index contributed by atoms with van der Waals surface area (Å²) in [5.74, 6) is 4.86. The molecular formula is C24H26N4O5. The van der Waals surface area contributed by atoms with Crippen molar-refractivity contribution in [3.63, 3.8) is 0 Å². The molecule has 3 aliphatic heterocycles. The van der Waals surface area contributed by atoms with E-state index in [1.54, 1.807) is 11.7 Å². The number of fused-ring (bicyclic) bond motifs is 1. The molecule has 9 heteroatoms. The summed E-state index contributed by atoms with van der Waals surface area (Å²) >= 11 is 0. The maximum Gasteiger partial charge on any atom is 0.358 e. The summed E-state index contributed by atoms with van der Waals surface area (Å²) in [6, 6.07) is 7.78. The second-order valence-corrected chi connectivity index (χ2v) is 8.73. The van der Waals surface area contributed by atoms with E-state index in [9.17, 15) is 14.7 Å². The third-order valence-electron chi connectivity index (χ3n) is 6.62. The summed E-state index contributed by atoms with van der Waals surface area (Å²) in [4.78, 5) is 28.5. The van der Waals surface area contributed by atoms with Crippen molar-refractivity contribution in [3.8, 4) is 17.5 Å². The summed E-state index contributed by atoms with van der Waals surface area (Å²) in [7, 11) is 3.01. The van der Waals surface area contributed by atoms with Crippen molar-refractivity contribution in [2.75, 3.05) is 40.5 Å². The van der Waals surface area contributed by atoms with E-state index in [1.807, 2.05) is 24.3 Å². The predicted molar refractivity (Wildman–Crippen MR) is 118 cm³/mol. The van der Waals surface area contributed by atoms with Gasteiger partial charge in [0.15, 0.2) is 5.69 Å². The minimum absolute atomic E-state index is 0.284. The highest BCUT2D eigenvalue weighted by atomic mass is 16.5. The van der Waals surface area contributed by atoms with Crippen LogP contribution in [0, 0.1) is 11.8 Å². The van der Waals surface area contributed by atoms with E-state index in [-0.39, 0.29) is 12.3 Å². The number of likely N-dealkylation sites (N-methyl/N-ethyl adjacent to an activating group) is 1. The van der Waals surface area contributed by atoms with Gasteiger partial charge in [-0.1, -0.05) is 17.9 Å². The molecule has 4 heterocycles. The SMILES string of the molecule is COC(=O)c1nn(-c2cccc(C#CC3(O)CCN(C)C3=O)c2)c2c1CN(C1COC1)CC2. The van der Waals surface area contributed by atoms with E-state index in [0.29, 0.717) is 43.6 Å². The Labute approximate surface area is 191 Å². The number of methoxy groups -OCH3 is 1. The smallest absolute Gasteiger partial charge is 0.358 e. The highest BCUT2D eigenvalue weighted by molar-refractivity contribution is 5.90. The van der Waals surface area contributed by atoms with Gasteiger partial charge in [0.25, 0.3) is 5.91 Å². The lowest BCUT2D eigenvalue weighted by Crippen LogP contribution is -2.50. The van der Waals surface area contributed by atoms with Gasteiger partial charge in [-0.25, -0.2) is 9.48 Å². The van der Waals surface area contributed by atoms with Crippen molar-refractivity contribution in [3.05, 3.63) is 46.8 Å². The van der Waals surface area contributed by atoms with Crippen molar-refractivity contribution in [1.82, 2.24) is 19.6 Å². The normalized spacial score (nSPS) is 23.0. The van der Waals surface area contributed by atoms with Crippen LogP contribution in [0.15, 0.2) is 24.3 Å². The number of nitrogens with zero attached hydrogens (tertiary/aromatic N) is 4. The summed E-state index contributed by atoms with van der Waals surface area (Å²) in [5.41, 5.74) is 1.94. The molecule has 33 heavy (non-hydrogen) atoms. The summed E-state index contributed by atoms with van der Waals surface area (Å²) in [5, 5.41) is 15.2. The molecule has 1 aromatic heterocycles. The molecular weight excluding hydrogens is 424 g/mol. The molecule has 2 fully saturated rings. The third-order valence-corrected chi connectivity index (χ3v) is 6.62. The van der Waals surface area contributed by atoms with Gasteiger partial charge in [0, 0.05) is 50.7 Å². The van der Waals surface area contributed by atoms with Crippen LogP contribution in [-0.2, 0) is 27.2 Å². The number of esters is 1. The van der Waals surface area contributed by atoms with Crippen LogP contribution in [0.1, 0.15) is 33.7 Å². The van der Waals surface area contributed by atoms with Crippen LogP contribution in [0.4, 0.5) is 0 Å². The minimum Gasteiger partial charge on any atom is -0.464 e. The van der Waals surface area contributed by atoms with Crippen LogP contribution in [0.5, 0.6) is 0 Å². The van der Waals surface area contributed by atoms with Crippen molar-refractivity contribution < 1.29 is 24.2 Å². The summed E-state index contributed by atoms with van der Waals surface area (Å²) in [6.07, 6.45) is 1.03. The first-order valence-corrected chi connectivity index (χ1v) is 11.0. The fourth-order valence-electron chi connectivity index (χ4n) is 4.52. The quantitative estimate of drug-likeness (QED) is 0.533. The van der Waals surface area contributed by atoms with Crippen molar-refractivity contribution in [2.45, 2.75) is 31.0 Å². The van der Waals surface area contributed by atoms with E-state index in [2.05, 4.69) is 21.8 Å². The van der Waals surface area contributed by atoms with Crippen LogP contribution in [0.25, 0.3) is 5.69 Å². The molecule has 0 spiro atoms. The number of aliphatic hydroxyl groups is 1. The Morgan fingerprint density at radius 2 is 2.15 bits per heavy atom. The number of carbonyl (C=O) groups is 2. The Kier molecular flexibility index (Phi) is 5.44. The first-order valence-electron chi connectivity index (χ1n) is 11.0. The molecule has 1 atom stereocenters. The second-order valence-electron chi connectivity index (χ2n) is 8.73. The fraction of sp³-hybridized carbons (Fsp3) is 0.458. The van der Waals surface area contributed by atoms with E-state index in [1.165, 1.54) is 12.0 Å². The number of aromatic nitrogens is 2. The first-order chi connectivity index (χ1) is 15.9. The molecule has 1 aromatic carbocycles. The lowest BCUT2D eigenvalue weighted by Gasteiger charge is -2.39. The zero-order valence-electron chi connectivity index (χ0n) is 18.7. The Bertz CT molecular complexity index is 1180. The molecule has 1 N–H and O–H groups in total. The van der Waals surface area contributed by atoms with E-state index in [0.717, 1.165) is 29.9 Å². The Balaban J connectivity index is 1.48. The average Bonchev–Trinajstić information content (AvgIpc) is 3.29. The molecule has 0 radical (unpaired) electrons. The van der Waals surface area contributed by atoms with Gasteiger partial charge in [-0.2, -0.15) is 5.10 Å². The zero-order chi connectivity index (χ0) is 23.2. The largest absolute Gasteiger partial charge is 0.464 e. The van der Waals surface area contributed by atoms with Gasteiger partial charge < -0.3 is 19.5 Å². The molecule has 3 aliphatic rings. The number of rotatable bonds is 3. The number of benzene rings is 1. The van der Waals surface area contributed by atoms with Gasteiger partial charge in [-0.3, -0.25) is 9.69 Å². The molecule has 1 amide bonds. The summed E-state index contributed by atoms with van der Waals surface area (Å²) in [6.45, 7) is 3.37. The molecule has 9 nitrogen and oxygen atoms in total. The van der Waals surface area contributed by atoms with E-state index < -0.39 is 11.6 Å². The van der Waals surface area contributed by atoms with Gasteiger partial charge in [0.1, 0.15) is 0 Å². The Morgan fingerprint density at radius 3 is 2.82 bits per heavy atom. The van der Waals surface area contributed by atoms with Crippen molar-refractivity contribution >= 4 is 11.9 Å². The number of hydrogen-bond acceptors (Lipinski definition) is 7.